The Morgan fingerprint density at radius 1 is 0.412 bits per heavy atom. The van der Waals surface area contributed by atoms with Crippen LogP contribution in [0.1, 0.15) is 0 Å². The van der Waals surface area contributed by atoms with Crippen molar-refractivity contribution in [2.75, 3.05) is 0 Å². The molecule has 0 fully saturated rings. The zero-order valence-electron chi connectivity index (χ0n) is 27.1. The van der Waals surface area contributed by atoms with Crippen LogP contribution in [0.4, 0.5) is 0 Å². The van der Waals surface area contributed by atoms with Gasteiger partial charge in [0.15, 0.2) is 5.82 Å². The molecule has 0 unspecified atom stereocenters. The molecule has 0 bridgehead atoms. The second kappa shape index (κ2) is 10.7. The lowest BCUT2D eigenvalue weighted by Gasteiger charge is -2.08. The largest absolute Gasteiger partial charge is 0.416 e. The van der Waals surface area contributed by atoms with Gasteiger partial charge < -0.3 is 13.6 Å². The molecule has 5 heterocycles. The summed E-state index contributed by atoms with van der Waals surface area (Å²) < 4.78 is 10.7. The van der Waals surface area contributed by atoms with E-state index in [2.05, 4.69) is 159 Å². The molecule has 0 N–H and O–H groups in total. The first-order chi connectivity index (χ1) is 25.3. The standard InChI is InChI=1S/C44H26N6O/c1-3-11-30(12-4-1)49-37-17-9-7-15-32(37)34-23-27(19-21-39(34)49)29-25-36-41-44(51-43(36)45-26-29)48-47-42(46-41)28-20-22-40-35(24-28)33-16-8-10-18-38(33)50(40)31-13-5-2-6-14-31/h1-26H. The highest BCUT2D eigenvalue weighted by Crippen LogP contribution is 2.37. The third-order valence-corrected chi connectivity index (χ3v) is 9.92. The van der Waals surface area contributed by atoms with Crippen LogP contribution in [0, 0.1) is 0 Å². The lowest BCUT2D eigenvalue weighted by molar-refractivity contribution is 0.631. The molecule has 51 heavy (non-hydrogen) atoms. The van der Waals surface area contributed by atoms with E-state index in [1.807, 2.05) is 18.3 Å². The first-order valence-corrected chi connectivity index (χ1v) is 16.9. The average Bonchev–Trinajstić information content (AvgIpc) is 3.85. The summed E-state index contributed by atoms with van der Waals surface area (Å²) in [5.41, 5.74) is 11.2. The van der Waals surface area contributed by atoms with Gasteiger partial charge in [0.1, 0.15) is 5.52 Å². The maximum Gasteiger partial charge on any atom is 0.267 e. The van der Waals surface area contributed by atoms with Crippen LogP contribution in [0.2, 0.25) is 0 Å². The number of fused-ring (bicyclic) bond motifs is 9. The lowest BCUT2D eigenvalue weighted by atomic mass is 10.0. The number of benzene rings is 6. The van der Waals surface area contributed by atoms with E-state index in [-0.39, 0.29) is 0 Å². The zero-order valence-corrected chi connectivity index (χ0v) is 27.1. The first-order valence-electron chi connectivity index (χ1n) is 16.9. The Morgan fingerprint density at radius 3 is 1.59 bits per heavy atom. The van der Waals surface area contributed by atoms with Crippen molar-refractivity contribution in [3.8, 4) is 33.9 Å². The minimum Gasteiger partial charge on any atom is -0.416 e. The molecule has 0 aliphatic heterocycles. The van der Waals surface area contributed by atoms with Gasteiger partial charge in [-0.25, -0.2) is 9.97 Å². The molecule has 0 aliphatic rings. The molecule has 0 amide bonds. The molecule has 11 aromatic rings. The van der Waals surface area contributed by atoms with Crippen LogP contribution in [0.25, 0.3) is 99.8 Å². The van der Waals surface area contributed by atoms with Crippen LogP contribution >= 0.6 is 0 Å². The van der Waals surface area contributed by atoms with Gasteiger partial charge in [-0.15, -0.1) is 10.2 Å². The Bertz CT molecular complexity index is 2930. The summed E-state index contributed by atoms with van der Waals surface area (Å²) in [5, 5.41) is 14.4. The number of aromatic nitrogens is 6. The number of hydrogen-bond donors (Lipinski definition) is 0. The van der Waals surface area contributed by atoms with Crippen LogP contribution in [-0.4, -0.2) is 29.3 Å². The molecule has 5 aromatic heterocycles. The van der Waals surface area contributed by atoms with Crippen LogP contribution in [0.3, 0.4) is 0 Å². The first kappa shape index (κ1) is 27.8. The highest BCUT2D eigenvalue weighted by Gasteiger charge is 2.18. The normalized spacial score (nSPS) is 11.9. The van der Waals surface area contributed by atoms with Crippen molar-refractivity contribution < 1.29 is 4.42 Å². The Balaban J connectivity index is 1.04. The maximum absolute atomic E-state index is 6.04. The minimum absolute atomic E-state index is 0.363. The van der Waals surface area contributed by atoms with E-state index >= 15 is 0 Å². The number of nitrogens with zero attached hydrogens (tertiary/aromatic N) is 6. The van der Waals surface area contributed by atoms with Gasteiger partial charge in [0.25, 0.3) is 5.71 Å². The average molecular weight is 655 g/mol. The second-order valence-corrected chi connectivity index (χ2v) is 12.8. The van der Waals surface area contributed by atoms with Gasteiger partial charge in [-0.1, -0.05) is 78.9 Å². The van der Waals surface area contributed by atoms with E-state index < -0.39 is 0 Å². The summed E-state index contributed by atoms with van der Waals surface area (Å²) >= 11 is 0. The molecule has 7 nitrogen and oxygen atoms in total. The molecular formula is C44H26N6O. The van der Waals surface area contributed by atoms with Crippen molar-refractivity contribution in [3.05, 3.63) is 158 Å². The quantitative estimate of drug-likeness (QED) is 0.189. The second-order valence-electron chi connectivity index (χ2n) is 12.8. The fraction of sp³-hybridized carbons (Fsp3) is 0. The van der Waals surface area contributed by atoms with Crippen LogP contribution in [0.15, 0.2) is 162 Å². The molecule has 0 saturated heterocycles. The van der Waals surface area contributed by atoms with Gasteiger partial charge in [0.05, 0.1) is 27.5 Å². The summed E-state index contributed by atoms with van der Waals surface area (Å²) in [4.78, 5) is 9.75. The van der Waals surface area contributed by atoms with E-state index in [4.69, 9.17) is 14.4 Å². The van der Waals surface area contributed by atoms with Gasteiger partial charge in [0, 0.05) is 50.2 Å². The summed E-state index contributed by atoms with van der Waals surface area (Å²) in [6, 6.07) is 53.0. The van der Waals surface area contributed by atoms with Crippen molar-refractivity contribution in [1.82, 2.24) is 29.3 Å². The molecule has 7 heteroatoms. The van der Waals surface area contributed by atoms with Crippen molar-refractivity contribution in [1.29, 1.82) is 0 Å². The number of furan rings is 1. The van der Waals surface area contributed by atoms with Crippen LogP contribution in [-0.2, 0) is 0 Å². The van der Waals surface area contributed by atoms with Crippen molar-refractivity contribution in [2.45, 2.75) is 0 Å². The molecule has 0 radical (unpaired) electrons. The van der Waals surface area contributed by atoms with Crippen LogP contribution < -0.4 is 0 Å². The van der Waals surface area contributed by atoms with Gasteiger partial charge >= 0.3 is 0 Å². The minimum atomic E-state index is 0.363. The third kappa shape index (κ3) is 4.18. The molecule has 238 valence electrons. The van der Waals surface area contributed by atoms with E-state index in [0.29, 0.717) is 22.8 Å². The van der Waals surface area contributed by atoms with Gasteiger partial charge in [-0.3, -0.25) is 0 Å². The summed E-state index contributed by atoms with van der Waals surface area (Å²) in [6.45, 7) is 0. The van der Waals surface area contributed by atoms with Crippen LogP contribution in [0.5, 0.6) is 0 Å². The highest BCUT2D eigenvalue weighted by atomic mass is 16.3. The molecule has 0 atom stereocenters. The maximum atomic E-state index is 6.04. The SMILES string of the molecule is c1ccc(-n2c3ccccc3c3cc(-c4cnc5oc6nnc(-c7ccc8c(c7)c7ccccc7n8-c7ccccc7)nc6c5c4)ccc32)cc1. The topological polar surface area (TPSA) is 74.6 Å². The number of hydrogen-bond acceptors (Lipinski definition) is 5. The van der Waals surface area contributed by atoms with Crippen molar-refractivity contribution in [2.24, 2.45) is 0 Å². The lowest BCUT2D eigenvalue weighted by Crippen LogP contribution is -1.94. The Morgan fingerprint density at radius 2 is 0.941 bits per heavy atom. The smallest absolute Gasteiger partial charge is 0.267 e. The van der Waals surface area contributed by atoms with Crippen molar-refractivity contribution in [3.63, 3.8) is 0 Å². The van der Waals surface area contributed by atoms with E-state index in [1.165, 1.54) is 21.7 Å². The Labute approximate surface area is 290 Å². The summed E-state index contributed by atoms with van der Waals surface area (Å²) in [6.07, 6.45) is 1.85. The zero-order chi connectivity index (χ0) is 33.5. The van der Waals surface area contributed by atoms with Gasteiger partial charge in [-0.05, 0) is 78.4 Å². The molecule has 0 aliphatic carbocycles. The predicted molar refractivity (Wildman–Crippen MR) is 204 cm³/mol. The fourth-order valence-corrected chi connectivity index (χ4v) is 7.61. The Hall–Kier alpha value is -7.12. The highest BCUT2D eigenvalue weighted by molar-refractivity contribution is 6.12. The number of para-hydroxylation sites is 4. The number of pyridine rings is 1. The van der Waals surface area contributed by atoms with E-state index in [1.54, 1.807) is 0 Å². The molecular weight excluding hydrogens is 629 g/mol. The predicted octanol–water partition coefficient (Wildman–Crippen LogP) is 10.7. The monoisotopic (exact) mass is 654 g/mol. The summed E-state index contributed by atoms with van der Waals surface area (Å²) in [5.74, 6) is 0.532. The van der Waals surface area contributed by atoms with Gasteiger partial charge in [-0.2, -0.15) is 0 Å². The molecule has 6 aromatic carbocycles. The molecule has 11 rings (SSSR count). The third-order valence-electron chi connectivity index (χ3n) is 9.92. The fourth-order valence-electron chi connectivity index (χ4n) is 7.61. The Kier molecular flexibility index (Phi) is 5.83. The molecule has 0 spiro atoms. The molecule has 0 saturated carbocycles. The van der Waals surface area contributed by atoms with Crippen molar-refractivity contribution >= 4 is 65.9 Å². The number of rotatable bonds is 4. The van der Waals surface area contributed by atoms with E-state index in [9.17, 15) is 0 Å². The van der Waals surface area contributed by atoms with E-state index in [0.717, 1.165) is 55.4 Å². The summed E-state index contributed by atoms with van der Waals surface area (Å²) in [7, 11) is 0. The van der Waals surface area contributed by atoms with Gasteiger partial charge in [0.2, 0.25) is 5.71 Å².